The molecule has 0 saturated carbocycles. The lowest BCUT2D eigenvalue weighted by Gasteiger charge is -2.35. The molecule has 2 fully saturated rings. The van der Waals surface area contributed by atoms with E-state index < -0.39 is 0 Å². The second-order valence-electron chi connectivity index (χ2n) is 6.21. The average molecular weight is 290 g/mol. The number of rotatable bonds is 3. The summed E-state index contributed by atoms with van der Waals surface area (Å²) in [4.78, 5) is 11.8. The van der Waals surface area contributed by atoms with Gasteiger partial charge in [0.15, 0.2) is 5.82 Å². The molecule has 0 bridgehead atoms. The Labute approximate surface area is 127 Å². The topological polar surface area (TPSA) is 48.4 Å². The summed E-state index contributed by atoms with van der Waals surface area (Å²) in [5.74, 6) is 2.60. The van der Waals surface area contributed by atoms with Crippen LogP contribution in [0.15, 0.2) is 6.20 Å². The molecule has 2 aliphatic heterocycles. The summed E-state index contributed by atoms with van der Waals surface area (Å²) in [7, 11) is 0. The maximum Gasteiger partial charge on any atom is 0.247 e. The third-order valence-electron chi connectivity index (χ3n) is 4.74. The van der Waals surface area contributed by atoms with E-state index in [2.05, 4.69) is 38.7 Å². The zero-order chi connectivity index (χ0) is 14.7. The van der Waals surface area contributed by atoms with Crippen molar-refractivity contribution in [3.8, 4) is 0 Å². The summed E-state index contributed by atoms with van der Waals surface area (Å²) in [5.41, 5.74) is 0. The number of aromatic nitrogens is 3. The van der Waals surface area contributed by atoms with Crippen molar-refractivity contribution >= 4 is 11.8 Å². The van der Waals surface area contributed by atoms with Crippen molar-refractivity contribution in [2.75, 3.05) is 55.6 Å². The number of anilines is 2. The van der Waals surface area contributed by atoms with Gasteiger partial charge < -0.3 is 14.7 Å². The molecule has 6 heteroatoms. The molecule has 0 atom stereocenters. The van der Waals surface area contributed by atoms with Gasteiger partial charge in [-0.05, 0) is 25.3 Å². The average Bonchev–Trinajstić information content (AvgIpc) is 2.56. The summed E-state index contributed by atoms with van der Waals surface area (Å²) >= 11 is 0. The lowest BCUT2D eigenvalue weighted by molar-refractivity contribution is 0.270. The Morgan fingerprint density at radius 3 is 2.43 bits per heavy atom. The smallest absolute Gasteiger partial charge is 0.247 e. The summed E-state index contributed by atoms with van der Waals surface area (Å²) in [6.45, 7) is 12.1. The fraction of sp³-hybridized carbons (Fsp3) is 0.800. The van der Waals surface area contributed by atoms with Crippen LogP contribution in [0.4, 0.5) is 11.8 Å². The summed E-state index contributed by atoms with van der Waals surface area (Å²) in [6, 6.07) is 0. The molecule has 2 aliphatic rings. The van der Waals surface area contributed by atoms with Crippen LogP contribution in [0.25, 0.3) is 0 Å². The van der Waals surface area contributed by atoms with Gasteiger partial charge in [0.05, 0.1) is 6.20 Å². The van der Waals surface area contributed by atoms with Crippen molar-refractivity contribution in [1.82, 2.24) is 20.1 Å². The molecule has 2 saturated heterocycles. The lowest BCUT2D eigenvalue weighted by Crippen LogP contribution is -2.46. The van der Waals surface area contributed by atoms with Gasteiger partial charge in [0.25, 0.3) is 0 Å². The van der Waals surface area contributed by atoms with E-state index in [9.17, 15) is 0 Å². The van der Waals surface area contributed by atoms with Gasteiger partial charge in [-0.1, -0.05) is 13.8 Å². The van der Waals surface area contributed by atoms with Gasteiger partial charge in [-0.15, -0.1) is 5.10 Å². The Hall–Kier alpha value is -1.43. The molecular formula is C15H26N6. The molecule has 3 heterocycles. The van der Waals surface area contributed by atoms with Gasteiger partial charge in [0, 0.05) is 39.3 Å². The van der Waals surface area contributed by atoms with Crippen LogP contribution in [0, 0.1) is 5.92 Å². The van der Waals surface area contributed by atoms with Gasteiger partial charge in [0.2, 0.25) is 5.95 Å². The highest BCUT2D eigenvalue weighted by Crippen LogP contribution is 2.21. The van der Waals surface area contributed by atoms with Crippen molar-refractivity contribution in [3.05, 3.63) is 6.20 Å². The van der Waals surface area contributed by atoms with Crippen LogP contribution in [0.5, 0.6) is 0 Å². The molecule has 0 aromatic carbocycles. The van der Waals surface area contributed by atoms with Gasteiger partial charge in [-0.2, -0.15) is 10.1 Å². The predicted octanol–water partition coefficient (Wildman–Crippen LogP) is 1.25. The fourth-order valence-corrected chi connectivity index (χ4v) is 3.07. The standard InChI is InChI=1S/C15H26N6/c1-3-19-8-10-20(11-9-19)14-12-16-18-15(17-14)21-6-4-13(2)5-7-21/h12-13H,3-11H2,1-2H3. The Morgan fingerprint density at radius 2 is 1.76 bits per heavy atom. The van der Waals surface area contributed by atoms with Gasteiger partial charge in [-0.25, -0.2) is 0 Å². The first-order valence-electron chi connectivity index (χ1n) is 8.18. The van der Waals surface area contributed by atoms with E-state index in [4.69, 9.17) is 4.98 Å². The first kappa shape index (κ1) is 14.5. The van der Waals surface area contributed by atoms with Crippen molar-refractivity contribution < 1.29 is 0 Å². The molecule has 0 radical (unpaired) electrons. The third kappa shape index (κ3) is 3.43. The zero-order valence-electron chi connectivity index (χ0n) is 13.2. The Morgan fingerprint density at radius 1 is 1.05 bits per heavy atom. The van der Waals surface area contributed by atoms with Crippen LogP contribution in [0.3, 0.4) is 0 Å². The molecule has 0 unspecified atom stereocenters. The summed E-state index contributed by atoms with van der Waals surface area (Å²) < 4.78 is 0. The Balaban J connectivity index is 1.66. The number of likely N-dealkylation sites (N-methyl/N-ethyl adjacent to an activating group) is 1. The molecule has 3 rings (SSSR count). The van der Waals surface area contributed by atoms with Crippen LogP contribution in [-0.2, 0) is 0 Å². The zero-order valence-corrected chi connectivity index (χ0v) is 13.2. The molecule has 21 heavy (non-hydrogen) atoms. The summed E-state index contributed by atoms with van der Waals surface area (Å²) in [6.07, 6.45) is 4.25. The quantitative estimate of drug-likeness (QED) is 0.835. The molecule has 0 aliphatic carbocycles. The number of hydrogen-bond donors (Lipinski definition) is 0. The molecule has 1 aromatic heterocycles. The Bertz CT molecular complexity index is 449. The molecule has 6 nitrogen and oxygen atoms in total. The van der Waals surface area contributed by atoms with Crippen LogP contribution >= 0.6 is 0 Å². The van der Waals surface area contributed by atoms with E-state index in [0.717, 1.165) is 63.5 Å². The van der Waals surface area contributed by atoms with Crippen molar-refractivity contribution in [3.63, 3.8) is 0 Å². The van der Waals surface area contributed by atoms with E-state index in [0.29, 0.717) is 0 Å². The largest absolute Gasteiger partial charge is 0.353 e. The highest BCUT2D eigenvalue weighted by Gasteiger charge is 2.21. The summed E-state index contributed by atoms with van der Waals surface area (Å²) in [5, 5.41) is 8.43. The maximum atomic E-state index is 4.76. The molecule has 116 valence electrons. The number of piperazine rings is 1. The molecule has 0 amide bonds. The van der Waals surface area contributed by atoms with Crippen LogP contribution in [0.2, 0.25) is 0 Å². The molecule has 0 N–H and O–H groups in total. The second kappa shape index (κ2) is 6.56. The number of piperidine rings is 1. The lowest BCUT2D eigenvalue weighted by atomic mass is 10.00. The normalized spacial score (nSPS) is 21.8. The maximum absolute atomic E-state index is 4.76. The second-order valence-corrected chi connectivity index (χ2v) is 6.21. The fourth-order valence-electron chi connectivity index (χ4n) is 3.07. The van der Waals surface area contributed by atoms with E-state index in [-0.39, 0.29) is 0 Å². The van der Waals surface area contributed by atoms with E-state index in [1.807, 2.05) is 0 Å². The van der Waals surface area contributed by atoms with E-state index in [1.165, 1.54) is 12.8 Å². The van der Waals surface area contributed by atoms with Gasteiger partial charge >= 0.3 is 0 Å². The predicted molar refractivity (Wildman–Crippen MR) is 84.8 cm³/mol. The number of hydrogen-bond acceptors (Lipinski definition) is 6. The SMILES string of the molecule is CCN1CCN(c2cnnc(N3CCC(C)CC3)n2)CC1. The molecule has 1 aromatic rings. The highest BCUT2D eigenvalue weighted by molar-refractivity contribution is 5.42. The minimum atomic E-state index is 0.803. The van der Waals surface area contributed by atoms with Crippen molar-refractivity contribution in [2.45, 2.75) is 26.7 Å². The van der Waals surface area contributed by atoms with Crippen molar-refractivity contribution in [1.29, 1.82) is 0 Å². The van der Waals surface area contributed by atoms with Crippen LogP contribution < -0.4 is 9.80 Å². The van der Waals surface area contributed by atoms with Crippen LogP contribution in [0.1, 0.15) is 26.7 Å². The Kier molecular flexibility index (Phi) is 4.53. The van der Waals surface area contributed by atoms with E-state index >= 15 is 0 Å². The highest BCUT2D eigenvalue weighted by atomic mass is 15.4. The monoisotopic (exact) mass is 290 g/mol. The third-order valence-corrected chi connectivity index (χ3v) is 4.74. The van der Waals surface area contributed by atoms with Gasteiger partial charge in [-0.3, -0.25) is 0 Å². The minimum Gasteiger partial charge on any atom is -0.353 e. The van der Waals surface area contributed by atoms with Crippen LogP contribution in [-0.4, -0.2) is 65.9 Å². The minimum absolute atomic E-state index is 0.803. The van der Waals surface area contributed by atoms with E-state index in [1.54, 1.807) is 6.20 Å². The first-order chi connectivity index (χ1) is 10.3. The number of nitrogens with zero attached hydrogens (tertiary/aromatic N) is 6. The molecular weight excluding hydrogens is 264 g/mol. The van der Waals surface area contributed by atoms with Gasteiger partial charge in [0.1, 0.15) is 0 Å². The molecule has 0 spiro atoms. The first-order valence-corrected chi connectivity index (χ1v) is 8.18. The van der Waals surface area contributed by atoms with Crippen molar-refractivity contribution in [2.24, 2.45) is 5.92 Å².